The van der Waals surface area contributed by atoms with Gasteiger partial charge in [0.05, 0.1) is 0 Å². The van der Waals surface area contributed by atoms with Crippen molar-refractivity contribution < 1.29 is 4.39 Å². The van der Waals surface area contributed by atoms with E-state index in [0.29, 0.717) is 0 Å². The Morgan fingerprint density at radius 1 is 0.952 bits per heavy atom. The van der Waals surface area contributed by atoms with Gasteiger partial charge in [-0.1, -0.05) is 50.6 Å². The fourth-order valence-corrected chi connectivity index (χ4v) is 2.51. The predicted molar refractivity (Wildman–Crippen MR) is 87.8 cm³/mol. The highest BCUT2D eigenvalue weighted by atomic mass is 19.1. The number of hydrogen-bond acceptors (Lipinski definition) is 1. The Bertz CT molecular complexity index is 560. The standard InChI is InChI=1S/C19H24FN/c1-3-5-15-6-8-16(9-7-15)19-13-18(20)11-10-17(19)14-21-12-4-2/h6-11,13,21H,3-5,12,14H2,1-2H3. The Labute approximate surface area is 127 Å². The molecule has 21 heavy (non-hydrogen) atoms. The van der Waals surface area contributed by atoms with Crippen molar-refractivity contribution in [3.63, 3.8) is 0 Å². The van der Waals surface area contributed by atoms with Crippen molar-refractivity contribution in [1.29, 1.82) is 0 Å². The van der Waals surface area contributed by atoms with Gasteiger partial charge in [-0.05, 0) is 53.8 Å². The first kappa shape index (κ1) is 15.7. The van der Waals surface area contributed by atoms with Crippen LogP contribution in [0.3, 0.4) is 0 Å². The SMILES string of the molecule is CCCNCc1ccc(F)cc1-c1ccc(CCC)cc1. The lowest BCUT2D eigenvalue weighted by atomic mass is 9.97. The van der Waals surface area contributed by atoms with Crippen molar-refractivity contribution in [2.45, 2.75) is 39.7 Å². The van der Waals surface area contributed by atoms with Crippen LogP contribution in [0, 0.1) is 5.82 Å². The minimum Gasteiger partial charge on any atom is -0.313 e. The van der Waals surface area contributed by atoms with E-state index in [9.17, 15) is 4.39 Å². The highest BCUT2D eigenvalue weighted by Gasteiger charge is 2.07. The summed E-state index contributed by atoms with van der Waals surface area (Å²) in [5, 5.41) is 3.39. The molecule has 0 aliphatic heterocycles. The summed E-state index contributed by atoms with van der Waals surface area (Å²) in [6, 6.07) is 13.6. The maximum Gasteiger partial charge on any atom is 0.123 e. The molecule has 0 amide bonds. The van der Waals surface area contributed by atoms with E-state index in [-0.39, 0.29) is 5.82 Å². The molecule has 0 saturated heterocycles. The molecule has 2 rings (SSSR count). The molecule has 0 aliphatic carbocycles. The largest absolute Gasteiger partial charge is 0.313 e. The fraction of sp³-hybridized carbons (Fsp3) is 0.368. The molecule has 2 aromatic rings. The molecule has 0 aliphatic rings. The number of hydrogen-bond donors (Lipinski definition) is 1. The van der Waals surface area contributed by atoms with E-state index in [0.717, 1.165) is 49.0 Å². The molecule has 0 fully saturated rings. The number of benzene rings is 2. The number of nitrogens with one attached hydrogen (secondary N) is 1. The van der Waals surface area contributed by atoms with Gasteiger partial charge >= 0.3 is 0 Å². The maximum absolute atomic E-state index is 13.6. The Hall–Kier alpha value is -1.67. The van der Waals surface area contributed by atoms with Crippen molar-refractivity contribution >= 4 is 0 Å². The maximum atomic E-state index is 13.6. The van der Waals surface area contributed by atoms with Crippen molar-refractivity contribution in [3.8, 4) is 11.1 Å². The summed E-state index contributed by atoms with van der Waals surface area (Å²) in [6.07, 6.45) is 3.34. The summed E-state index contributed by atoms with van der Waals surface area (Å²) >= 11 is 0. The molecule has 0 spiro atoms. The van der Waals surface area contributed by atoms with Gasteiger partial charge in [-0.3, -0.25) is 0 Å². The summed E-state index contributed by atoms with van der Waals surface area (Å²) < 4.78 is 13.6. The minimum atomic E-state index is -0.179. The Morgan fingerprint density at radius 2 is 1.71 bits per heavy atom. The highest BCUT2D eigenvalue weighted by Crippen LogP contribution is 2.25. The van der Waals surface area contributed by atoms with Gasteiger partial charge in [0.1, 0.15) is 5.82 Å². The quantitative estimate of drug-likeness (QED) is 0.710. The van der Waals surface area contributed by atoms with Crippen molar-refractivity contribution in [3.05, 3.63) is 59.4 Å². The third-order valence-corrected chi connectivity index (χ3v) is 3.62. The zero-order chi connectivity index (χ0) is 15.1. The fourth-order valence-electron chi connectivity index (χ4n) is 2.51. The van der Waals surface area contributed by atoms with Gasteiger partial charge in [-0.15, -0.1) is 0 Å². The molecule has 0 heterocycles. The molecule has 0 unspecified atom stereocenters. The molecule has 1 N–H and O–H groups in total. The predicted octanol–water partition coefficient (Wildman–Crippen LogP) is 4.94. The van der Waals surface area contributed by atoms with E-state index in [1.54, 1.807) is 6.07 Å². The summed E-state index contributed by atoms with van der Waals surface area (Å²) in [5.74, 6) is -0.179. The molecule has 0 atom stereocenters. The number of rotatable bonds is 7. The van der Waals surface area contributed by atoms with Gasteiger partial charge < -0.3 is 5.32 Å². The van der Waals surface area contributed by atoms with E-state index in [4.69, 9.17) is 0 Å². The average Bonchev–Trinajstić information content (AvgIpc) is 2.50. The van der Waals surface area contributed by atoms with Crippen molar-refractivity contribution in [2.75, 3.05) is 6.54 Å². The van der Waals surface area contributed by atoms with Crippen LogP contribution < -0.4 is 5.32 Å². The van der Waals surface area contributed by atoms with Crippen LogP contribution in [0.4, 0.5) is 4.39 Å². The number of halogens is 1. The molecule has 0 radical (unpaired) electrons. The molecule has 0 saturated carbocycles. The van der Waals surface area contributed by atoms with E-state index in [1.807, 2.05) is 6.07 Å². The van der Waals surface area contributed by atoms with E-state index >= 15 is 0 Å². The third-order valence-electron chi connectivity index (χ3n) is 3.62. The zero-order valence-electron chi connectivity index (χ0n) is 13.0. The third kappa shape index (κ3) is 4.40. The summed E-state index contributed by atoms with van der Waals surface area (Å²) in [7, 11) is 0. The average molecular weight is 285 g/mol. The van der Waals surface area contributed by atoms with Crippen LogP contribution >= 0.6 is 0 Å². The molecule has 0 bridgehead atoms. The Morgan fingerprint density at radius 3 is 2.38 bits per heavy atom. The van der Waals surface area contributed by atoms with E-state index < -0.39 is 0 Å². The van der Waals surface area contributed by atoms with Crippen LogP contribution in [0.5, 0.6) is 0 Å². The van der Waals surface area contributed by atoms with Crippen molar-refractivity contribution in [1.82, 2.24) is 5.32 Å². The Balaban J connectivity index is 2.25. The van der Waals surface area contributed by atoms with Gasteiger partial charge in [0.15, 0.2) is 0 Å². The first-order valence-electron chi connectivity index (χ1n) is 7.83. The highest BCUT2D eigenvalue weighted by molar-refractivity contribution is 5.67. The van der Waals surface area contributed by atoms with Gasteiger partial charge in [0.25, 0.3) is 0 Å². The molecular weight excluding hydrogens is 261 g/mol. The second-order valence-corrected chi connectivity index (χ2v) is 5.43. The first-order valence-corrected chi connectivity index (χ1v) is 7.83. The summed E-state index contributed by atoms with van der Waals surface area (Å²) in [5.41, 5.74) is 4.56. The lowest BCUT2D eigenvalue weighted by Crippen LogP contribution is -2.14. The molecule has 2 aromatic carbocycles. The van der Waals surface area contributed by atoms with Crippen LogP contribution in [0.15, 0.2) is 42.5 Å². The van der Waals surface area contributed by atoms with Crippen LogP contribution in [0.25, 0.3) is 11.1 Å². The van der Waals surface area contributed by atoms with E-state index in [2.05, 4.69) is 43.4 Å². The summed E-state index contributed by atoms with van der Waals surface area (Å²) in [6.45, 7) is 6.08. The topological polar surface area (TPSA) is 12.0 Å². The molecule has 1 nitrogen and oxygen atoms in total. The monoisotopic (exact) mass is 285 g/mol. The zero-order valence-corrected chi connectivity index (χ0v) is 13.0. The van der Waals surface area contributed by atoms with Crippen LogP contribution in [0.1, 0.15) is 37.8 Å². The molecule has 112 valence electrons. The minimum absolute atomic E-state index is 0.179. The van der Waals surface area contributed by atoms with Gasteiger partial charge in [-0.2, -0.15) is 0 Å². The van der Waals surface area contributed by atoms with E-state index in [1.165, 1.54) is 11.6 Å². The van der Waals surface area contributed by atoms with Gasteiger partial charge in [-0.25, -0.2) is 4.39 Å². The van der Waals surface area contributed by atoms with Gasteiger partial charge in [0, 0.05) is 6.54 Å². The lowest BCUT2D eigenvalue weighted by molar-refractivity contribution is 0.625. The van der Waals surface area contributed by atoms with Crippen LogP contribution in [-0.2, 0) is 13.0 Å². The smallest absolute Gasteiger partial charge is 0.123 e. The second kappa shape index (κ2) is 7.94. The Kier molecular flexibility index (Phi) is 5.94. The lowest BCUT2D eigenvalue weighted by Gasteiger charge is -2.11. The van der Waals surface area contributed by atoms with Crippen molar-refractivity contribution in [2.24, 2.45) is 0 Å². The normalized spacial score (nSPS) is 10.8. The summed E-state index contributed by atoms with van der Waals surface area (Å²) in [4.78, 5) is 0. The molecule has 0 aromatic heterocycles. The number of aryl methyl sites for hydroxylation is 1. The first-order chi connectivity index (χ1) is 10.2. The van der Waals surface area contributed by atoms with Crippen LogP contribution in [0.2, 0.25) is 0 Å². The van der Waals surface area contributed by atoms with Gasteiger partial charge in [0.2, 0.25) is 0 Å². The molecule has 2 heteroatoms. The second-order valence-electron chi connectivity index (χ2n) is 5.43. The molecular formula is C19H24FN. The van der Waals surface area contributed by atoms with Crippen LogP contribution in [-0.4, -0.2) is 6.54 Å².